The first kappa shape index (κ1) is 36.3. The Labute approximate surface area is 284 Å². The molecule has 2 aliphatic carbocycles. The van der Waals surface area contributed by atoms with Gasteiger partial charge < -0.3 is 29.4 Å². The maximum absolute atomic E-state index is 12.2. The van der Waals surface area contributed by atoms with Gasteiger partial charge in [-0.25, -0.2) is 9.59 Å². The number of halogens is 1. The second-order valence-electron chi connectivity index (χ2n) is 15.6. The van der Waals surface area contributed by atoms with Crippen LogP contribution in [0.15, 0.2) is 40.9 Å². The van der Waals surface area contributed by atoms with E-state index in [1.807, 2.05) is 47.6 Å². The minimum Gasteiger partial charge on any atom is -0.444 e. The van der Waals surface area contributed by atoms with Gasteiger partial charge in [0.25, 0.3) is 0 Å². The number of alkyl carbamates (subject to hydrolysis) is 2. The second-order valence-corrected chi connectivity index (χ2v) is 16.5. The molecule has 2 N–H and O–H groups in total. The zero-order chi connectivity index (χ0) is 34.1. The Kier molecular flexibility index (Phi) is 11.0. The predicted octanol–water partition coefficient (Wildman–Crippen LogP) is 8.24. The SMILES string of the molecule is CC(C)(C)OC(=O)NC1CCCc2cc(B3OC(C)(C)C(C)(C)O3)ccc21.CC(C)(C)OC(=O)NC1CCCc2cc(Br)ccc21. The van der Waals surface area contributed by atoms with Crippen LogP contribution in [-0.4, -0.2) is 41.7 Å². The van der Waals surface area contributed by atoms with Crippen LogP contribution in [0.5, 0.6) is 0 Å². The normalized spacial score (nSPS) is 21.6. The molecule has 1 saturated heterocycles. The van der Waals surface area contributed by atoms with E-state index in [1.165, 1.54) is 16.7 Å². The van der Waals surface area contributed by atoms with Crippen LogP contribution in [0.2, 0.25) is 0 Å². The number of nitrogens with one attached hydrogen (secondary N) is 2. The lowest BCUT2D eigenvalue weighted by Gasteiger charge is -2.32. The molecule has 2 unspecified atom stereocenters. The van der Waals surface area contributed by atoms with E-state index in [0.717, 1.165) is 54.0 Å². The van der Waals surface area contributed by atoms with E-state index in [4.69, 9.17) is 18.8 Å². The average molecular weight is 700 g/mol. The summed E-state index contributed by atoms with van der Waals surface area (Å²) < 4.78 is 24.2. The van der Waals surface area contributed by atoms with Gasteiger partial charge >= 0.3 is 19.3 Å². The molecule has 2 aromatic rings. The molecule has 1 fully saturated rings. The molecule has 8 nitrogen and oxygen atoms in total. The van der Waals surface area contributed by atoms with Gasteiger partial charge in [0.05, 0.1) is 23.3 Å². The molecule has 2 amide bonds. The first-order valence-corrected chi connectivity index (χ1v) is 17.3. The first-order valence-electron chi connectivity index (χ1n) is 16.5. The quantitative estimate of drug-likeness (QED) is 0.314. The second kappa shape index (κ2) is 13.9. The molecule has 10 heteroatoms. The highest BCUT2D eigenvalue weighted by Gasteiger charge is 2.51. The highest BCUT2D eigenvalue weighted by Crippen LogP contribution is 2.37. The van der Waals surface area contributed by atoms with Crippen LogP contribution in [0.25, 0.3) is 0 Å². The maximum atomic E-state index is 12.2. The smallest absolute Gasteiger partial charge is 0.444 e. The summed E-state index contributed by atoms with van der Waals surface area (Å²) in [6, 6.07) is 12.6. The van der Waals surface area contributed by atoms with Crippen molar-refractivity contribution in [2.75, 3.05) is 0 Å². The van der Waals surface area contributed by atoms with Gasteiger partial charge in [-0.15, -0.1) is 0 Å². The van der Waals surface area contributed by atoms with E-state index in [2.05, 4.69) is 84.6 Å². The van der Waals surface area contributed by atoms with Crippen molar-refractivity contribution in [3.05, 3.63) is 63.1 Å². The summed E-state index contributed by atoms with van der Waals surface area (Å²) in [5.41, 5.74) is 4.29. The fraction of sp³-hybridized carbons (Fsp3) is 0.611. The number of amides is 2. The highest BCUT2D eigenvalue weighted by molar-refractivity contribution is 9.10. The Balaban J connectivity index is 0.000000222. The third kappa shape index (κ3) is 9.51. The third-order valence-corrected chi connectivity index (χ3v) is 9.30. The molecule has 1 aliphatic heterocycles. The van der Waals surface area contributed by atoms with Crippen LogP contribution in [0.3, 0.4) is 0 Å². The van der Waals surface area contributed by atoms with E-state index in [-0.39, 0.29) is 42.6 Å². The predicted molar refractivity (Wildman–Crippen MR) is 186 cm³/mol. The molecule has 2 aromatic carbocycles. The first-order chi connectivity index (χ1) is 21.2. The Morgan fingerprint density at radius 3 is 1.65 bits per heavy atom. The molecule has 2 atom stereocenters. The van der Waals surface area contributed by atoms with Gasteiger partial charge in [-0.05, 0) is 148 Å². The standard InChI is InChI=1S/C21H32BNO4.C15H20BrNO2/c1-19(2,3)25-18(24)23-17-10-8-9-14-13-15(11-12-16(14)17)22-26-20(4,5)21(6,7)27-22;1-15(2,3)19-14(18)17-13-6-4-5-10-9-11(16)7-8-12(10)13/h11-13,17H,8-10H2,1-7H3,(H,23,24);7-9,13H,4-6H2,1-3H3,(H,17,18). The molecule has 252 valence electrons. The summed E-state index contributed by atoms with van der Waals surface area (Å²) in [6.07, 6.45) is 5.36. The minimum atomic E-state index is -0.498. The number of benzene rings is 2. The van der Waals surface area contributed by atoms with E-state index < -0.39 is 11.2 Å². The van der Waals surface area contributed by atoms with Crippen molar-refractivity contribution in [2.45, 2.75) is 142 Å². The lowest BCUT2D eigenvalue weighted by Crippen LogP contribution is -2.41. The van der Waals surface area contributed by atoms with Crippen LogP contribution in [0.4, 0.5) is 9.59 Å². The minimum absolute atomic E-state index is 0.0176. The summed E-state index contributed by atoms with van der Waals surface area (Å²) in [6.45, 7) is 19.5. The zero-order valence-corrected chi connectivity index (χ0v) is 30.9. The van der Waals surface area contributed by atoms with Crippen LogP contribution in [0.1, 0.15) is 129 Å². The fourth-order valence-corrected chi connectivity index (χ4v) is 6.35. The number of ether oxygens (including phenoxy) is 2. The monoisotopic (exact) mass is 698 g/mol. The Morgan fingerprint density at radius 2 is 1.20 bits per heavy atom. The molecule has 0 spiro atoms. The van der Waals surface area contributed by atoms with Gasteiger partial charge in [0.15, 0.2) is 0 Å². The molecule has 46 heavy (non-hydrogen) atoms. The van der Waals surface area contributed by atoms with E-state index in [0.29, 0.717) is 0 Å². The van der Waals surface area contributed by atoms with Gasteiger partial charge in [0.2, 0.25) is 0 Å². The van der Waals surface area contributed by atoms with E-state index >= 15 is 0 Å². The fourth-order valence-electron chi connectivity index (χ4n) is 5.94. The van der Waals surface area contributed by atoms with Crippen molar-refractivity contribution < 1.29 is 28.4 Å². The van der Waals surface area contributed by atoms with Crippen LogP contribution in [0, 0.1) is 0 Å². The molecule has 0 radical (unpaired) electrons. The number of fused-ring (bicyclic) bond motifs is 2. The zero-order valence-electron chi connectivity index (χ0n) is 29.3. The number of hydrogen-bond acceptors (Lipinski definition) is 6. The van der Waals surface area contributed by atoms with Crippen molar-refractivity contribution in [3.8, 4) is 0 Å². The molecule has 0 saturated carbocycles. The van der Waals surface area contributed by atoms with Crippen molar-refractivity contribution >= 4 is 40.7 Å². The highest BCUT2D eigenvalue weighted by atomic mass is 79.9. The van der Waals surface area contributed by atoms with Gasteiger partial charge in [-0.2, -0.15) is 0 Å². The summed E-state index contributed by atoms with van der Waals surface area (Å²) >= 11 is 3.49. The van der Waals surface area contributed by atoms with Crippen molar-refractivity contribution in [2.24, 2.45) is 0 Å². The Bertz CT molecular complexity index is 1400. The van der Waals surface area contributed by atoms with Gasteiger partial charge in [-0.3, -0.25) is 0 Å². The van der Waals surface area contributed by atoms with E-state index in [1.54, 1.807) is 0 Å². The maximum Gasteiger partial charge on any atom is 0.494 e. The topological polar surface area (TPSA) is 95.1 Å². The number of carbonyl (C=O) groups excluding carboxylic acids is 2. The summed E-state index contributed by atoms with van der Waals surface area (Å²) in [5.74, 6) is 0. The van der Waals surface area contributed by atoms with E-state index in [9.17, 15) is 9.59 Å². The van der Waals surface area contributed by atoms with Gasteiger partial charge in [0.1, 0.15) is 11.2 Å². The number of aryl methyl sites for hydroxylation is 2. The third-order valence-electron chi connectivity index (χ3n) is 8.81. The van der Waals surface area contributed by atoms with Gasteiger partial charge in [0, 0.05) is 4.47 Å². The largest absolute Gasteiger partial charge is 0.494 e. The van der Waals surface area contributed by atoms with Crippen LogP contribution < -0.4 is 16.1 Å². The molecule has 1 heterocycles. The molecule has 0 bridgehead atoms. The lowest BCUT2D eigenvalue weighted by molar-refractivity contribution is 0.00578. The molecular weight excluding hydrogens is 647 g/mol. The Hall–Kier alpha value is -2.56. The van der Waals surface area contributed by atoms with Crippen molar-refractivity contribution in [1.29, 1.82) is 0 Å². The average Bonchev–Trinajstić information content (AvgIpc) is 3.13. The molecule has 0 aromatic heterocycles. The Morgan fingerprint density at radius 1 is 0.761 bits per heavy atom. The van der Waals surface area contributed by atoms with Crippen LogP contribution >= 0.6 is 15.9 Å². The van der Waals surface area contributed by atoms with Gasteiger partial charge in [-0.1, -0.05) is 40.2 Å². The van der Waals surface area contributed by atoms with Crippen LogP contribution in [-0.2, 0) is 31.6 Å². The number of carbonyl (C=O) groups is 2. The number of hydrogen-bond donors (Lipinski definition) is 2. The van der Waals surface area contributed by atoms with Crippen molar-refractivity contribution in [3.63, 3.8) is 0 Å². The lowest BCUT2D eigenvalue weighted by atomic mass is 9.75. The van der Waals surface area contributed by atoms with Crippen molar-refractivity contribution in [1.82, 2.24) is 10.6 Å². The molecular formula is C36H52BBrN2O6. The molecule has 5 rings (SSSR count). The summed E-state index contributed by atoms with van der Waals surface area (Å²) in [7, 11) is -0.362. The summed E-state index contributed by atoms with van der Waals surface area (Å²) in [4.78, 5) is 24.0. The number of rotatable bonds is 3. The molecule has 3 aliphatic rings. The summed E-state index contributed by atoms with van der Waals surface area (Å²) in [5, 5.41) is 6.00.